The molecule has 4 heteroatoms. The Labute approximate surface area is 105 Å². The van der Waals surface area contributed by atoms with Crippen molar-refractivity contribution in [3.8, 4) is 0 Å². The predicted molar refractivity (Wildman–Crippen MR) is 70.1 cm³/mol. The number of pyridine rings is 1. The van der Waals surface area contributed by atoms with Gasteiger partial charge < -0.3 is 9.88 Å². The van der Waals surface area contributed by atoms with Crippen LogP contribution in [0.3, 0.4) is 0 Å². The van der Waals surface area contributed by atoms with E-state index < -0.39 is 0 Å². The maximum absolute atomic E-state index is 13.3. The van der Waals surface area contributed by atoms with Crippen LogP contribution in [0.25, 0.3) is 0 Å². The molecule has 0 spiro atoms. The van der Waals surface area contributed by atoms with Crippen molar-refractivity contribution in [3.63, 3.8) is 0 Å². The second-order valence-electron chi connectivity index (χ2n) is 4.30. The van der Waals surface area contributed by atoms with Gasteiger partial charge in [-0.25, -0.2) is 4.39 Å². The maximum atomic E-state index is 13.3. The first-order valence-corrected chi connectivity index (χ1v) is 5.72. The summed E-state index contributed by atoms with van der Waals surface area (Å²) in [6, 6.07) is 8.37. The van der Waals surface area contributed by atoms with Gasteiger partial charge in [-0.3, -0.25) is 4.79 Å². The minimum absolute atomic E-state index is 0.0538. The molecule has 0 saturated heterocycles. The summed E-state index contributed by atoms with van der Waals surface area (Å²) in [5, 5.41) is 3.15. The highest BCUT2D eigenvalue weighted by atomic mass is 19.1. The number of halogens is 1. The number of nitrogens with one attached hydrogen (secondary N) is 1. The van der Waals surface area contributed by atoms with Crippen LogP contribution in [0.5, 0.6) is 0 Å². The molecule has 1 aromatic heterocycles. The lowest BCUT2D eigenvalue weighted by Crippen LogP contribution is -2.15. The number of anilines is 1. The summed E-state index contributed by atoms with van der Waals surface area (Å²) in [4.78, 5) is 11.2. The Morgan fingerprint density at radius 1 is 1.28 bits per heavy atom. The number of nitrogens with zero attached hydrogens (tertiary/aromatic N) is 1. The van der Waals surface area contributed by atoms with E-state index in [4.69, 9.17) is 0 Å². The standard InChI is InChI=1S/C14H15FN2O/c1-10-3-4-11(7-13(10)15)8-16-12-5-6-14(18)17(2)9-12/h3-7,9,16H,8H2,1-2H3. The zero-order valence-electron chi connectivity index (χ0n) is 10.4. The largest absolute Gasteiger partial charge is 0.380 e. The summed E-state index contributed by atoms with van der Waals surface area (Å²) in [5.74, 6) is -0.199. The molecular formula is C14H15FN2O. The number of aryl methyl sites for hydroxylation is 2. The van der Waals surface area contributed by atoms with Crippen LogP contribution in [0.15, 0.2) is 41.3 Å². The molecule has 1 aromatic carbocycles. The Morgan fingerprint density at radius 3 is 2.72 bits per heavy atom. The molecule has 2 aromatic rings. The van der Waals surface area contributed by atoms with Gasteiger partial charge in [0.2, 0.25) is 5.56 Å². The highest BCUT2D eigenvalue weighted by molar-refractivity contribution is 5.41. The summed E-state index contributed by atoms with van der Waals surface area (Å²) in [6.45, 7) is 2.26. The maximum Gasteiger partial charge on any atom is 0.250 e. The van der Waals surface area contributed by atoms with Crippen LogP contribution in [0.4, 0.5) is 10.1 Å². The molecule has 0 saturated carbocycles. The first-order chi connectivity index (χ1) is 8.56. The van der Waals surface area contributed by atoms with E-state index in [1.54, 1.807) is 32.3 Å². The van der Waals surface area contributed by atoms with E-state index in [2.05, 4.69) is 5.32 Å². The van der Waals surface area contributed by atoms with E-state index in [1.165, 1.54) is 16.7 Å². The summed E-state index contributed by atoms with van der Waals surface area (Å²) in [7, 11) is 1.69. The summed E-state index contributed by atoms with van der Waals surface area (Å²) in [5.41, 5.74) is 2.29. The Hall–Kier alpha value is -2.10. The first kappa shape index (κ1) is 12.4. The Bertz CT molecular complexity index is 619. The molecule has 18 heavy (non-hydrogen) atoms. The fraction of sp³-hybridized carbons (Fsp3) is 0.214. The van der Waals surface area contributed by atoms with Gasteiger partial charge in [0.1, 0.15) is 5.82 Å². The van der Waals surface area contributed by atoms with Crippen molar-refractivity contribution in [1.29, 1.82) is 0 Å². The van der Waals surface area contributed by atoms with Crippen LogP contribution in [-0.4, -0.2) is 4.57 Å². The van der Waals surface area contributed by atoms with Crippen LogP contribution in [0.1, 0.15) is 11.1 Å². The van der Waals surface area contributed by atoms with Crippen molar-refractivity contribution >= 4 is 5.69 Å². The fourth-order valence-electron chi connectivity index (χ4n) is 1.65. The van der Waals surface area contributed by atoms with E-state index in [-0.39, 0.29) is 11.4 Å². The molecule has 0 atom stereocenters. The zero-order valence-corrected chi connectivity index (χ0v) is 10.4. The Balaban J connectivity index is 2.09. The third kappa shape index (κ3) is 2.77. The molecule has 0 unspecified atom stereocenters. The number of benzene rings is 1. The Morgan fingerprint density at radius 2 is 2.06 bits per heavy atom. The van der Waals surface area contributed by atoms with Crippen molar-refractivity contribution < 1.29 is 4.39 Å². The van der Waals surface area contributed by atoms with Gasteiger partial charge in [-0.1, -0.05) is 12.1 Å². The average Bonchev–Trinajstić information content (AvgIpc) is 2.35. The number of hydrogen-bond acceptors (Lipinski definition) is 2. The van der Waals surface area contributed by atoms with Gasteiger partial charge in [-0.15, -0.1) is 0 Å². The molecule has 0 aliphatic heterocycles. The van der Waals surface area contributed by atoms with Gasteiger partial charge in [0.15, 0.2) is 0 Å². The minimum atomic E-state index is -0.199. The Kier molecular flexibility index (Phi) is 3.46. The third-order valence-electron chi connectivity index (χ3n) is 2.82. The van der Waals surface area contributed by atoms with Crippen LogP contribution >= 0.6 is 0 Å². The highest BCUT2D eigenvalue weighted by Crippen LogP contribution is 2.11. The monoisotopic (exact) mass is 246 g/mol. The van der Waals surface area contributed by atoms with E-state index >= 15 is 0 Å². The molecule has 3 nitrogen and oxygen atoms in total. The molecule has 0 fully saturated rings. The SMILES string of the molecule is Cc1ccc(CNc2ccc(=O)n(C)c2)cc1F. The fourth-order valence-corrected chi connectivity index (χ4v) is 1.65. The van der Waals surface area contributed by atoms with Crippen LogP contribution < -0.4 is 10.9 Å². The molecule has 0 amide bonds. The van der Waals surface area contributed by atoms with Gasteiger partial charge in [0.25, 0.3) is 0 Å². The molecule has 94 valence electrons. The van der Waals surface area contributed by atoms with E-state index in [9.17, 15) is 9.18 Å². The minimum Gasteiger partial charge on any atom is -0.380 e. The number of aromatic nitrogens is 1. The third-order valence-corrected chi connectivity index (χ3v) is 2.82. The summed E-state index contributed by atoms with van der Waals surface area (Å²) >= 11 is 0. The average molecular weight is 246 g/mol. The topological polar surface area (TPSA) is 34.0 Å². The molecule has 2 rings (SSSR count). The quantitative estimate of drug-likeness (QED) is 0.902. The van der Waals surface area contributed by atoms with E-state index in [0.29, 0.717) is 12.1 Å². The normalized spacial score (nSPS) is 10.4. The van der Waals surface area contributed by atoms with Gasteiger partial charge in [-0.2, -0.15) is 0 Å². The van der Waals surface area contributed by atoms with Crippen LogP contribution in [0, 0.1) is 12.7 Å². The molecule has 1 N–H and O–H groups in total. The predicted octanol–water partition coefficient (Wildman–Crippen LogP) is 2.44. The molecule has 1 heterocycles. The zero-order chi connectivity index (χ0) is 13.1. The van der Waals surface area contributed by atoms with E-state index in [0.717, 1.165) is 11.3 Å². The van der Waals surface area contributed by atoms with Crippen molar-refractivity contribution in [3.05, 3.63) is 63.8 Å². The molecule has 0 radical (unpaired) electrons. The molecule has 0 bridgehead atoms. The molecular weight excluding hydrogens is 231 g/mol. The second-order valence-corrected chi connectivity index (χ2v) is 4.30. The lowest BCUT2D eigenvalue weighted by atomic mass is 10.1. The number of rotatable bonds is 3. The van der Waals surface area contributed by atoms with Gasteiger partial charge in [-0.05, 0) is 30.2 Å². The summed E-state index contributed by atoms with van der Waals surface area (Å²) < 4.78 is 14.8. The van der Waals surface area contributed by atoms with Crippen LogP contribution in [0.2, 0.25) is 0 Å². The summed E-state index contributed by atoms with van der Waals surface area (Å²) in [6.07, 6.45) is 1.72. The lowest BCUT2D eigenvalue weighted by Gasteiger charge is -2.08. The number of hydrogen-bond donors (Lipinski definition) is 1. The van der Waals surface area contributed by atoms with Crippen LogP contribution in [-0.2, 0) is 13.6 Å². The molecule has 0 aliphatic carbocycles. The van der Waals surface area contributed by atoms with Crippen molar-refractivity contribution in [2.24, 2.45) is 7.05 Å². The first-order valence-electron chi connectivity index (χ1n) is 5.72. The van der Waals surface area contributed by atoms with Crippen molar-refractivity contribution in [2.75, 3.05) is 5.32 Å². The lowest BCUT2D eigenvalue weighted by molar-refractivity contribution is 0.616. The molecule has 0 aliphatic rings. The van der Waals surface area contributed by atoms with Crippen molar-refractivity contribution in [2.45, 2.75) is 13.5 Å². The van der Waals surface area contributed by atoms with E-state index in [1.807, 2.05) is 6.07 Å². The second kappa shape index (κ2) is 5.04. The smallest absolute Gasteiger partial charge is 0.250 e. The van der Waals surface area contributed by atoms with Gasteiger partial charge in [0, 0.05) is 25.9 Å². The highest BCUT2D eigenvalue weighted by Gasteiger charge is 2.00. The van der Waals surface area contributed by atoms with Gasteiger partial charge in [0.05, 0.1) is 5.69 Å². The van der Waals surface area contributed by atoms with Crippen molar-refractivity contribution in [1.82, 2.24) is 4.57 Å². The van der Waals surface area contributed by atoms with Gasteiger partial charge >= 0.3 is 0 Å².